The zero-order valence-electron chi connectivity index (χ0n) is 11.4. The molecule has 1 atom stereocenters. The van der Waals surface area contributed by atoms with Crippen LogP contribution in [0, 0.1) is 12.8 Å². The van der Waals surface area contributed by atoms with Crippen LogP contribution in [0.1, 0.15) is 19.5 Å². The van der Waals surface area contributed by atoms with Crippen molar-refractivity contribution < 1.29 is 4.79 Å². The predicted molar refractivity (Wildman–Crippen MR) is 81.7 cm³/mol. The van der Waals surface area contributed by atoms with Crippen molar-refractivity contribution in [1.82, 2.24) is 4.98 Å². The Balaban J connectivity index is 0.00000180. The summed E-state index contributed by atoms with van der Waals surface area (Å²) in [5, 5.41) is 3.93. The minimum atomic E-state index is -0.478. The maximum atomic E-state index is 11.9. The molecule has 0 unspecified atom stereocenters. The molecule has 0 saturated carbocycles. The van der Waals surface area contributed by atoms with Crippen LogP contribution < -0.4 is 11.1 Å². The van der Waals surface area contributed by atoms with Crippen LogP contribution in [0.15, 0.2) is 24.3 Å². The van der Waals surface area contributed by atoms with Crippen molar-refractivity contribution in [2.24, 2.45) is 11.7 Å². The zero-order chi connectivity index (χ0) is 13.3. The Labute approximate surface area is 119 Å². The number of aromatic nitrogens is 1. The van der Waals surface area contributed by atoms with Crippen LogP contribution in [0.4, 0.5) is 5.69 Å². The molecule has 19 heavy (non-hydrogen) atoms. The smallest absolute Gasteiger partial charge is 0.241 e. The average Bonchev–Trinajstić information content (AvgIpc) is 2.67. The van der Waals surface area contributed by atoms with Gasteiger partial charge in [0.2, 0.25) is 5.91 Å². The molecule has 0 fully saturated rings. The number of carbonyl (C=O) groups excluding carboxylic acids is 1. The standard InChI is InChI=1S/C14H19N3O.ClH/c1-8(2)13(15)14(18)17-11-4-5-12-10(7-11)6-9(3)16-12;/h4-8,13,16H,15H2,1-3H3,(H,17,18);1H/t13-;/m0./s1. The Morgan fingerprint density at radius 1 is 1.32 bits per heavy atom. The molecule has 1 amide bonds. The van der Waals surface area contributed by atoms with Gasteiger partial charge in [0, 0.05) is 22.3 Å². The van der Waals surface area contributed by atoms with Crippen LogP contribution in [0.3, 0.4) is 0 Å². The number of amides is 1. The third-order valence-corrected chi connectivity index (χ3v) is 3.04. The van der Waals surface area contributed by atoms with E-state index in [2.05, 4.69) is 10.3 Å². The fourth-order valence-corrected chi connectivity index (χ4v) is 1.88. The fraction of sp³-hybridized carbons (Fsp3) is 0.357. The van der Waals surface area contributed by atoms with E-state index in [1.165, 1.54) is 0 Å². The Hall–Kier alpha value is -1.52. The Bertz CT molecular complexity index is 577. The van der Waals surface area contributed by atoms with Crippen LogP contribution in [0.25, 0.3) is 10.9 Å². The van der Waals surface area contributed by atoms with Crippen LogP contribution in [0.5, 0.6) is 0 Å². The maximum Gasteiger partial charge on any atom is 0.241 e. The first-order valence-electron chi connectivity index (χ1n) is 6.13. The van der Waals surface area contributed by atoms with Crippen LogP contribution >= 0.6 is 12.4 Å². The van der Waals surface area contributed by atoms with E-state index in [0.29, 0.717) is 0 Å². The number of benzene rings is 1. The normalized spacial score (nSPS) is 12.3. The van der Waals surface area contributed by atoms with Gasteiger partial charge in [0.1, 0.15) is 0 Å². The summed E-state index contributed by atoms with van der Waals surface area (Å²) in [6, 6.07) is 7.35. The van der Waals surface area contributed by atoms with Gasteiger partial charge in [0.15, 0.2) is 0 Å². The molecular formula is C14H20ClN3O. The molecule has 1 heterocycles. The Morgan fingerprint density at radius 3 is 2.63 bits per heavy atom. The number of anilines is 1. The predicted octanol–water partition coefficient (Wildman–Crippen LogP) is 2.82. The van der Waals surface area contributed by atoms with Gasteiger partial charge in [-0.1, -0.05) is 13.8 Å². The summed E-state index contributed by atoms with van der Waals surface area (Å²) in [5.41, 5.74) is 8.76. The molecule has 104 valence electrons. The first-order valence-corrected chi connectivity index (χ1v) is 6.13. The summed E-state index contributed by atoms with van der Waals surface area (Å²) in [7, 11) is 0. The van der Waals surface area contributed by atoms with Gasteiger partial charge in [-0.2, -0.15) is 0 Å². The Morgan fingerprint density at radius 2 is 2.00 bits per heavy atom. The molecule has 2 aromatic rings. The van der Waals surface area contributed by atoms with Crippen LogP contribution in [-0.4, -0.2) is 16.9 Å². The van der Waals surface area contributed by atoms with Crippen molar-refractivity contribution in [1.29, 1.82) is 0 Å². The maximum absolute atomic E-state index is 11.9. The largest absolute Gasteiger partial charge is 0.359 e. The number of fused-ring (bicyclic) bond motifs is 1. The van der Waals surface area contributed by atoms with E-state index in [1.54, 1.807) is 0 Å². The van der Waals surface area contributed by atoms with Crippen molar-refractivity contribution in [2.45, 2.75) is 26.8 Å². The zero-order valence-corrected chi connectivity index (χ0v) is 12.2. The van der Waals surface area contributed by atoms with Crippen molar-refractivity contribution in [3.63, 3.8) is 0 Å². The summed E-state index contributed by atoms with van der Waals surface area (Å²) in [6.45, 7) is 5.87. The summed E-state index contributed by atoms with van der Waals surface area (Å²) in [6.07, 6.45) is 0. The molecule has 0 saturated heterocycles. The second-order valence-electron chi connectivity index (χ2n) is 5.01. The number of H-pyrrole nitrogens is 1. The minimum Gasteiger partial charge on any atom is -0.359 e. The molecule has 0 aliphatic carbocycles. The molecule has 0 aliphatic heterocycles. The minimum absolute atomic E-state index is 0. The third-order valence-electron chi connectivity index (χ3n) is 3.04. The van der Waals surface area contributed by atoms with Gasteiger partial charge >= 0.3 is 0 Å². The number of rotatable bonds is 3. The van der Waals surface area contributed by atoms with E-state index in [4.69, 9.17) is 5.73 Å². The van der Waals surface area contributed by atoms with Gasteiger partial charge in [-0.05, 0) is 37.1 Å². The molecule has 2 rings (SSSR count). The number of hydrogen-bond acceptors (Lipinski definition) is 2. The molecule has 1 aromatic carbocycles. The van der Waals surface area contributed by atoms with Gasteiger partial charge in [-0.15, -0.1) is 12.4 Å². The lowest BCUT2D eigenvalue weighted by molar-refractivity contribution is -0.118. The molecule has 1 aromatic heterocycles. The molecule has 0 spiro atoms. The van der Waals surface area contributed by atoms with Gasteiger partial charge in [0.25, 0.3) is 0 Å². The van der Waals surface area contributed by atoms with Gasteiger partial charge in [0.05, 0.1) is 6.04 Å². The van der Waals surface area contributed by atoms with E-state index in [1.807, 2.05) is 45.0 Å². The van der Waals surface area contributed by atoms with E-state index in [-0.39, 0.29) is 24.2 Å². The highest BCUT2D eigenvalue weighted by molar-refractivity contribution is 5.97. The molecule has 4 nitrogen and oxygen atoms in total. The second-order valence-corrected chi connectivity index (χ2v) is 5.01. The van der Waals surface area contributed by atoms with Crippen LogP contribution in [0.2, 0.25) is 0 Å². The Kier molecular flexibility index (Phi) is 4.97. The fourth-order valence-electron chi connectivity index (χ4n) is 1.88. The van der Waals surface area contributed by atoms with Gasteiger partial charge < -0.3 is 16.0 Å². The van der Waals surface area contributed by atoms with Crippen molar-refractivity contribution in [2.75, 3.05) is 5.32 Å². The molecule has 0 aliphatic rings. The van der Waals surface area contributed by atoms with Crippen molar-refractivity contribution in [3.8, 4) is 0 Å². The summed E-state index contributed by atoms with van der Waals surface area (Å²) >= 11 is 0. The summed E-state index contributed by atoms with van der Waals surface area (Å²) < 4.78 is 0. The number of carbonyl (C=O) groups is 1. The number of nitrogens with one attached hydrogen (secondary N) is 2. The highest BCUT2D eigenvalue weighted by atomic mass is 35.5. The quantitative estimate of drug-likeness (QED) is 0.809. The average molecular weight is 282 g/mol. The monoisotopic (exact) mass is 281 g/mol. The van der Waals surface area contributed by atoms with Gasteiger partial charge in [-0.3, -0.25) is 4.79 Å². The SMILES string of the molecule is Cc1cc2cc(NC(=O)[C@@H](N)C(C)C)ccc2[nH]1.Cl. The van der Waals surface area contributed by atoms with Gasteiger partial charge in [-0.25, -0.2) is 0 Å². The van der Waals surface area contributed by atoms with Crippen molar-refractivity contribution in [3.05, 3.63) is 30.0 Å². The van der Waals surface area contributed by atoms with Crippen molar-refractivity contribution >= 4 is 34.9 Å². The first kappa shape index (κ1) is 15.5. The molecule has 0 radical (unpaired) electrons. The lowest BCUT2D eigenvalue weighted by Gasteiger charge is -2.15. The highest BCUT2D eigenvalue weighted by Gasteiger charge is 2.17. The molecule has 5 heteroatoms. The van der Waals surface area contributed by atoms with E-state index in [0.717, 1.165) is 22.3 Å². The number of halogens is 1. The second kappa shape index (κ2) is 6.08. The number of aryl methyl sites for hydroxylation is 1. The third kappa shape index (κ3) is 3.49. The molecule has 4 N–H and O–H groups in total. The van der Waals surface area contributed by atoms with E-state index in [9.17, 15) is 4.79 Å². The lowest BCUT2D eigenvalue weighted by atomic mass is 10.0. The number of hydrogen-bond donors (Lipinski definition) is 3. The summed E-state index contributed by atoms with van der Waals surface area (Å²) in [5.74, 6) is -0.0140. The van der Waals surface area contributed by atoms with Crippen LogP contribution in [-0.2, 0) is 4.79 Å². The topological polar surface area (TPSA) is 70.9 Å². The number of aromatic amines is 1. The molecular weight excluding hydrogens is 262 g/mol. The van der Waals surface area contributed by atoms with E-state index < -0.39 is 6.04 Å². The first-order chi connectivity index (χ1) is 8.47. The highest BCUT2D eigenvalue weighted by Crippen LogP contribution is 2.20. The van der Waals surface area contributed by atoms with E-state index >= 15 is 0 Å². The summed E-state index contributed by atoms with van der Waals surface area (Å²) in [4.78, 5) is 15.1. The lowest BCUT2D eigenvalue weighted by Crippen LogP contribution is -2.39. The molecule has 0 bridgehead atoms. The number of nitrogens with two attached hydrogens (primary N) is 1.